The molecule has 24 heavy (non-hydrogen) atoms. The van der Waals surface area contributed by atoms with E-state index >= 15 is 0 Å². The highest BCUT2D eigenvalue weighted by molar-refractivity contribution is 6.01. The Morgan fingerprint density at radius 2 is 2.17 bits per heavy atom. The first-order valence-corrected chi connectivity index (χ1v) is 8.29. The molecular formula is C18H22FNO4. The number of rotatable bonds is 5. The number of halogens is 1. The molecule has 5 nitrogen and oxygen atoms in total. The molecule has 1 aromatic rings. The number of carbonyl (C=O) groups excluding carboxylic acids is 2. The summed E-state index contributed by atoms with van der Waals surface area (Å²) in [6, 6.07) is 3.89. The highest BCUT2D eigenvalue weighted by Crippen LogP contribution is 2.47. The van der Waals surface area contributed by atoms with Gasteiger partial charge < -0.3 is 14.7 Å². The van der Waals surface area contributed by atoms with Crippen LogP contribution >= 0.6 is 0 Å². The fourth-order valence-corrected chi connectivity index (χ4v) is 3.39. The lowest BCUT2D eigenvalue weighted by Crippen LogP contribution is -2.46. The maximum absolute atomic E-state index is 13.5. The Morgan fingerprint density at radius 3 is 2.79 bits per heavy atom. The van der Waals surface area contributed by atoms with Gasteiger partial charge >= 0.3 is 0 Å². The second kappa shape index (κ2) is 6.51. The molecule has 0 radical (unpaired) electrons. The van der Waals surface area contributed by atoms with Gasteiger partial charge in [-0.15, -0.1) is 0 Å². The normalized spacial score (nSPS) is 22.1. The van der Waals surface area contributed by atoms with Crippen LogP contribution in [0.2, 0.25) is 0 Å². The minimum absolute atomic E-state index is 0.0614. The van der Waals surface area contributed by atoms with Crippen LogP contribution in [0.3, 0.4) is 0 Å². The predicted octanol–water partition coefficient (Wildman–Crippen LogP) is 2.03. The lowest BCUT2D eigenvalue weighted by Gasteiger charge is -2.34. The lowest BCUT2D eigenvalue weighted by molar-refractivity contribution is -0.140. The molecule has 1 amide bonds. The number of aliphatic hydroxyl groups excluding tert-OH is 1. The minimum atomic E-state index is -0.624. The molecule has 1 heterocycles. The van der Waals surface area contributed by atoms with E-state index in [1.807, 2.05) is 0 Å². The molecule has 0 bridgehead atoms. The van der Waals surface area contributed by atoms with Gasteiger partial charge in [-0.05, 0) is 43.9 Å². The van der Waals surface area contributed by atoms with Crippen LogP contribution in [-0.2, 0) is 4.79 Å². The Bertz CT molecular complexity index is 656. The van der Waals surface area contributed by atoms with Gasteiger partial charge in [0.2, 0.25) is 5.91 Å². The van der Waals surface area contributed by atoms with Crippen LogP contribution in [0.1, 0.15) is 36.0 Å². The zero-order valence-electron chi connectivity index (χ0n) is 13.8. The summed E-state index contributed by atoms with van der Waals surface area (Å²) in [6.07, 6.45) is 2.79. The van der Waals surface area contributed by atoms with Gasteiger partial charge in [0.05, 0.1) is 24.7 Å². The molecule has 0 spiro atoms. The molecule has 3 rings (SSSR count). The van der Waals surface area contributed by atoms with E-state index in [0.717, 1.165) is 6.42 Å². The summed E-state index contributed by atoms with van der Waals surface area (Å²) in [7, 11) is 1.44. The van der Waals surface area contributed by atoms with E-state index in [9.17, 15) is 19.1 Å². The number of Topliss-reactive ketones (excluding diaryl/α,β-unsaturated/α-hetero) is 1. The van der Waals surface area contributed by atoms with Gasteiger partial charge in [0.1, 0.15) is 11.6 Å². The third kappa shape index (κ3) is 3.02. The summed E-state index contributed by atoms with van der Waals surface area (Å²) in [4.78, 5) is 27.0. The van der Waals surface area contributed by atoms with Crippen LogP contribution in [0.4, 0.5) is 4.39 Å². The topological polar surface area (TPSA) is 66.8 Å². The average Bonchev–Trinajstić information content (AvgIpc) is 3.41. The van der Waals surface area contributed by atoms with Crippen LogP contribution < -0.4 is 4.74 Å². The van der Waals surface area contributed by atoms with Crippen molar-refractivity contribution >= 4 is 11.7 Å². The van der Waals surface area contributed by atoms with Gasteiger partial charge in [0.15, 0.2) is 5.78 Å². The number of amides is 1. The van der Waals surface area contributed by atoms with Crippen molar-refractivity contribution in [2.75, 3.05) is 26.8 Å². The monoisotopic (exact) mass is 335 g/mol. The van der Waals surface area contributed by atoms with Crippen LogP contribution in [0.5, 0.6) is 5.75 Å². The largest absolute Gasteiger partial charge is 0.496 e. The first-order valence-electron chi connectivity index (χ1n) is 8.29. The standard InChI is InChI=1S/C18H22FNO4/c1-24-15-5-4-13(19)9-14(15)16(22)12-3-2-8-20(10-12)17(23)18(11-21)6-7-18/h4-5,9,12,21H,2-3,6-8,10-11H2,1H3. The molecule has 2 fully saturated rings. The van der Waals surface area contributed by atoms with E-state index in [1.165, 1.54) is 25.3 Å². The van der Waals surface area contributed by atoms with Crippen LogP contribution in [0.25, 0.3) is 0 Å². The molecule has 1 N–H and O–H groups in total. The zero-order valence-corrected chi connectivity index (χ0v) is 13.8. The molecule has 1 unspecified atom stereocenters. The molecule has 1 saturated heterocycles. The van der Waals surface area contributed by atoms with Gasteiger partial charge in [0, 0.05) is 19.0 Å². The fourth-order valence-electron chi connectivity index (χ4n) is 3.39. The number of ether oxygens (including phenoxy) is 1. The summed E-state index contributed by atoms with van der Waals surface area (Å²) in [5.41, 5.74) is -0.401. The van der Waals surface area contributed by atoms with Crippen molar-refractivity contribution < 1.29 is 23.8 Å². The Kier molecular flexibility index (Phi) is 4.58. The molecule has 1 atom stereocenters. The lowest BCUT2D eigenvalue weighted by atomic mass is 9.88. The smallest absolute Gasteiger partial charge is 0.231 e. The second-order valence-corrected chi connectivity index (χ2v) is 6.74. The molecule has 0 aromatic heterocycles. The van der Waals surface area contributed by atoms with Gasteiger partial charge in [-0.3, -0.25) is 9.59 Å². The molecule has 1 aliphatic heterocycles. The predicted molar refractivity (Wildman–Crippen MR) is 85.3 cm³/mol. The SMILES string of the molecule is COc1ccc(F)cc1C(=O)C1CCCN(C(=O)C2(CO)CC2)C1. The second-order valence-electron chi connectivity index (χ2n) is 6.74. The number of methoxy groups -OCH3 is 1. The zero-order chi connectivity index (χ0) is 17.3. The van der Waals surface area contributed by atoms with Gasteiger partial charge in [0.25, 0.3) is 0 Å². The molecule has 1 saturated carbocycles. The molecule has 1 aromatic carbocycles. The van der Waals surface area contributed by atoms with Crippen molar-refractivity contribution in [2.45, 2.75) is 25.7 Å². The first-order chi connectivity index (χ1) is 11.5. The number of hydrogen-bond acceptors (Lipinski definition) is 4. The Balaban J connectivity index is 1.76. The number of likely N-dealkylation sites (tertiary alicyclic amines) is 1. The van der Waals surface area contributed by atoms with E-state index in [0.29, 0.717) is 38.1 Å². The van der Waals surface area contributed by atoms with Crippen molar-refractivity contribution in [3.8, 4) is 5.75 Å². The maximum Gasteiger partial charge on any atom is 0.231 e. The highest BCUT2D eigenvalue weighted by atomic mass is 19.1. The van der Waals surface area contributed by atoms with E-state index < -0.39 is 11.2 Å². The Hall–Kier alpha value is -1.95. The molecule has 2 aliphatic rings. The number of piperidine rings is 1. The van der Waals surface area contributed by atoms with Crippen LogP contribution in [0, 0.1) is 17.2 Å². The van der Waals surface area contributed by atoms with E-state index in [2.05, 4.69) is 0 Å². The molecular weight excluding hydrogens is 313 g/mol. The van der Waals surface area contributed by atoms with Crippen molar-refractivity contribution in [3.63, 3.8) is 0 Å². The summed E-state index contributed by atoms with van der Waals surface area (Å²) in [5.74, 6) is -0.765. The maximum atomic E-state index is 13.5. The van der Waals surface area contributed by atoms with Crippen molar-refractivity contribution in [1.29, 1.82) is 0 Å². The van der Waals surface area contributed by atoms with Crippen molar-refractivity contribution in [2.24, 2.45) is 11.3 Å². The molecule has 1 aliphatic carbocycles. The number of hydrogen-bond donors (Lipinski definition) is 1. The van der Waals surface area contributed by atoms with E-state index in [1.54, 1.807) is 4.90 Å². The number of nitrogens with zero attached hydrogens (tertiary/aromatic N) is 1. The molecule has 6 heteroatoms. The molecule has 130 valence electrons. The van der Waals surface area contributed by atoms with E-state index in [-0.39, 0.29) is 29.8 Å². The van der Waals surface area contributed by atoms with Gasteiger partial charge in [-0.25, -0.2) is 4.39 Å². The number of carbonyl (C=O) groups is 2. The quantitative estimate of drug-likeness (QED) is 0.836. The van der Waals surface area contributed by atoms with Gasteiger partial charge in [-0.2, -0.15) is 0 Å². The van der Waals surface area contributed by atoms with Crippen molar-refractivity contribution in [1.82, 2.24) is 4.90 Å². The van der Waals surface area contributed by atoms with Crippen LogP contribution in [0.15, 0.2) is 18.2 Å². The summed E-state index contributed by atoms with van der Waals surface area (Å²) in [5, 5.41) is 9.44. The first kappa shape index (κ1) is 16.9. The Labute approximate surface area is 140 Å². The summed E-state index contributed by atoms with van der Waals surface area (Å²) in [6.45, 7) is 0.780. The average molecular weight is 335 g/mol. The summed E-state index contributed by atoms with van der Waals surface area (Å²) >= 11 is 0. The number of benzene rings is 1. The number of aliphatic hydroxyl groups is 1. The summed E-state index contributed by atoms with van der Waals surface area (Å²) < 4.78 is 18.7. The Morgan fingerprint density at radius 1 is 1.42 bits per heavy atom. The van der Waals surface area contributed by atoms with Gasteiger partial charge in [-0.1, -0.05) is 0 Å². The highest BCUT2D eigenvalue weighted by Gasteiger charge is 2.51. The third-order valence-corrected chi connectivity index (χ3v) is 5.12. The minimum Gasteiger partial charge on any atom is -0.496 e. The van der Waals surface area contributed by atoms with Crippen molar-refractivity contribution in [3.05, 3.63) is 29.6 Å². The third-order valence-electron chi connectivity index (χ3n) is 5.12. The fraction of sp³-hybridized carbons (Fsp3) is 0.556. The van der Waals surface area contributed by atoms with Crippen LogP contribution in [-0.4, -0.2) is 48.5 Å². The van der Waals surface area contributed by atoms with E-state index in [4.69, 9.17) is 4.74 Å². The number of ketones is 1.